The summed E-state index contributed by atoms with van der Waals surface area (Å²) in [5, 5.41) is 10.0. The predicted octanol–water partition coefficient (Wildman–Crippen LogP) is 7.64. The van der Waals surface area contributed by atoms with Gasteiger partial charge in [-0.2, -0.15) is 0 Å². The molecule has 1 N–H and O–H groups in total. The van der Waals surface area contributed by atoms with Crippen molar-refractivity contribution in [3.05, 3.63) is 47.6 Å². The van der Waals surface area contributed by atoms with Crippen molar-refractivity contribution in [2.45, 2.75) is 92.1 Å². The van der Waals surface area contributed by atoms with Gasteiger partial charge in [-0.15, -0.1) is 0 Å². The van der Waals surface area contributed by atoms with Crippen LogP contribution in [0.15, 0.2) is 47.6 Å². The molecule has 0 radical (unpaired) electrons. The summed E-state index contributed by atoms with van der Waals surface area (Å²) in [6.45, 7) is 16.3. The van der Waals surface area contributed by atoms with Crippen LogP contribution in [0.5, 0.6) is 0 Å². The van der Waals surface area contributed by atoms with Gasteiger partial charge in [0.25, 0.3) is 0 Å². The molecule has 162 valence electrons. The van der Waals surface area contributed by atoms with E-state index in [9.17, 15) is 5.11 Å². The Hall–Kier alpha value is -1.08. The highest BCUT2D eigenvalue weighted by atomic mass is 16.3. The summed E-state index contributed by atoms with van der Waals surface area (Å²) < 4.78 is 0. The molecule has 3 aliphatic rings. The Kier molecular flexibility index (Phi) is 7.31. The molecule has 3 saturated carbocycles. The molecule has 29 heavy (non-hydrogen) atoms. The lowest BCUT2D eigenvalue weighted by atomic mass is 9.61. The van der Waals surface area contributed by atoms with Crippen LogP contribution in [0.1, 0.15) is 86.0 Å². The quantitative estimate of drug-likeness (QED) is 0.473. The van der Waals surface area contributed by atoms with Crippen LogP contribution >= 0.6 is 0 Å². The molecular weight excluding hydrogens is 352 g/mol. The molecule has 0 aromatic carbocycles. The smallest absolute Gasteiger partial charge is 0.0583 e. The standard InChI is InChI=1S/C28H44O/c1-19(2)20(3)9-10-22(5)26-15-16-27-23(8-7-17-28(26,27)6)12-13-24-18-25(29)14-11-21(24)4/h9-10,12-13,19-20,22,25-27,29H,4,7-8,11,14-18H2,1-3,5-6H3/b10-9+,23-12?,24-13-/t20-,22+,25-,26+,27?,28+/m0/s1. The van der Waals surface area contributed by atoms with Crippen molar-refractivity contribution in [3.8, 4) is 0 Å². The lowest BCUT2D eigenvalue weighted by Gasteiger charge is -2.44. The Morgan fingerprint density at radius 1 is 1.03 bits per heavy atom. The molecule has 0 bridgehead atoms. The van der Waals surface area contributed by atoms with Crippen LogP contribution in [-0.2, 0) is 0 Å². The summed E-state index contributed by atoms with van der Waals surface area (Å²) in [5.41, 5.74) is 4.61. The van der Waals surface area contributed by atoms with Crippen molar-refractivity contribution in [2.24, 2.45) is 35.0 Å². The minimum absolute atomic E-state index is 0.182. The fraction of sp³-hybridized carbons (Fsp3) is 0.714. The van der Waals surface area contributed by atoms with Crippen molar-refractivity contribution in [1.82, 2.24) is 0 Å². The molecule has 3 fully saturated rings. The average Bonchev–Trinajstić information content (AvgIpc) is 3.04. The number of aliphatic hydroxyl groups is 1. The van der Waals surface area contributed by atoms with E-state index in [2.05, 4.69) is 65.5 Å². The van der Waals surface area contributed by atoms with Crippen LogP contribution in [0.25, 0.3) is 0 Å². The SMILES string of the molecule is C=C1CC[C@H](O)C/C1=C/C=C1CCC[C@@]2(C)C1CC[C@@H]2[C@H](C)/C=C/[C@H](C)C(C)C. The van der Waals surface area contributed by atoms with Crippen LogP contribution in [0.4, 0.5) is 0 Å². The third-order valence-corrected chi connectivity index (χ3v) is 8.63. The maximum absolute atomic E-state index is 10.0. The largest absolute Gasteiger partial charge is 0.393 e. The normalized spacial score (nSPS) is 38.2. The second-order valence-electron chi connectivity index (χ2n) is 10.9. The van der Waals surface area contributed by atoms with Crippen LogP contribution in [0, 0.1) is 35.0 Å². The molecular formula is C28H44O. The second kappa shape index (κ2) is 9.38. The first kappa shape index (κ1) is 22.6. The maximum Gasteiger partial charge on any atom is 0.0583 e. The number of rotatable bonds is 5. The highest BCUT2D eigenvalue weighted by Gasteiger charge is 2.50. The van der Waals surface area contributed by atoms with Gasteiger partial charge in [0.05, 0.1) is 6.10 Å². The molecule has 0 saturated heterocycles. The second-order valence-corrected chi connectivity index (χ2v) is 10.9. The van der Waals surface area contributed by atoms with E-state index in [1.54, 1.807) is 5.57 Å². The molecule has 0 aromatic rings. The molecule has 0 aliphatic heterocycles. The maximum atomic E-state index is 10.0. The number of allylic oxidation sites excluding steroid dienone is 6. The van der Waals surface area contributed by atoms with Crippen molar-refractivity contribution in [3.63, 3.8) is 0 Å². The molecule has 3 rings (SSSR count). The lowest BCUT2D eigenvalue weighted by molar-refractivity contribution is 0.112. The van der Waals surface area contributed by atoms with Gasteiger partial charge in [-0.3, -0.25) is 0 Å². The zero-order chi connectivity index (χ0) is 21.2. The Labute approximate surface area is 180 Å². The summed E-state index contributed by atoms with van der Waals surface area (Å²) in [6.07, 6.45) is 18.8. The first-order valence-electron chi connectivity index (χ1n) is 12.2. The van der Waals surface area contributed by atoms with Crippen LogP contribution in [-0.4, -0.2) is 11.2 Å². The van der Waals surface area contributed by atoms with Crippen LogP contribution < -0.4 is 0 Å². The average molecular weight is 397 g/mol. The lowest BCUT2D eigenvalue weighted by Crippen LogP contribution is -2.35. The highest BCUT2D eigenvalue weighted by molar-refractivity contribution is 5.36. The van der Waals surface area contributed by atoms with E-state index in [1.165, 1.54) is 43.3 Å². The summed E-state index contributed by atoms with van der Waals surface area (Å²) in [4.78, 5) is 0. The zero-order valence-electron chi connectivity index (χ0n) is 19.6. The third kappa shape index (κ3) is 4.98. The molecule has 0 aromatic heterocycles. The van der Waals surface area contributed by atoms with Crippen LogP contribution in [0.2, 0.25) is 0 Å². The summed E-state index contributed by atoms with van der Waals surface area (Å²) in [5.74, 6) is 3.58. The van der Waals surface area contributed by atoms with Crippen molar-refractivity contribution >= 4 is 0 Å². The van der Waals surface area contributed by atoms with E-state index in [4.69, 9.17) is 0 Å². The Morgan fingerprint density at radius 2 is 1.79 bits per heavy atom. The topological polar surface area (TPSA) is 20.2 Å². The Bertz CT molecular complexity index is 678. The van der Waals surface area contributed by atoms with E-state index in [-0.39, 0.29) is 6.10 Å². The Morgan fingerprint density at radius 3 is 2.52 bits per heavy atom. The summed E-state index contributed by atoms with van der Waals surface area (Å²) >= 11 is 0. The van der Waals surface area contributed by atoms with Gasteiger partial charge in [0.1, 0.15) is 0 Å². The molecule has 0 amide bonds. The van der Waals surface area contributed by atoms with E-state index >= 15 is 0 Å². The third-order valence-electron chi connectivity index (χ3n) is 8.63. The van der Waals surface area contributed by atoms with E-state index in [0.29, 0.717) is 17.3 Å². The van der Waals surface area contributed by atoms with Gasteiger partial charge in [-0.25, -0.2) is 0 Å². The molecule has 6 atom stereocenters. The number of fused-ring (bicyclic) bond motifs is 1. The van der Waals surface area contributed by atoms with Crippen molar-refractivity contribution < 1.29 is 5.11 Å². The highest BCUT2D eigenvalue weighted by Crippen LogP contribution is 2.59. The van der Waals surface area contributed by atoms with E-state index < -0.39 is 0 Å². The number of hydrogen-bond acceptors (Lipinski definition) is 1. The number of aliphatic hydroxyl groups excluding tert-OH is 1. The fourth-order valence-corrected chi connectivity index (χ4v) is 6.25. The van der Waals surface area contributed by atoms with E-state index in [0.717, 1.165) is 37.0 Å². The molecule has 0 heterocycles. The van der Waals surface area contributed by atoms with Crippen molar-refractivity contribution in [1.29, 1.82) is 0 Å². The summed E-state index contributed by atoms with van der Waals surface area (Å²) in [7, 11) is 0. The first-order chi connectivity index (χ1) is 13.7. The van der Waals surface area contributed by atoms with Gasteiger partial charge < -0.3 is 5.11 Å². The van der Waals surface area contributed by atoms with Gasteiger partial charge in [0.15, 0.2) is 0 Å². The van der Waals surface area contributed by atoms with Gasteiger partial charge in [-0.1, -0.05) is 76.6 Å². The minimum atomic E-state index is -0.182. The monoisotopic (exact) mass is 396 g/mol. The molecule has 3 aliphatic carbocycles. The minimum Gasteiger partial charge on any atom is -0.393 e. The van der Waals surface area contributed by atoms with Gasteiger partial charge in [0.2, 0.25) is 0 Å². The zero-order valence-corrected chi connectivity index (χ0v) is 19.6. The molecule has 0 spiro atoms. The summed E-state index contributed by atoms with van der Waals surface area (Å²) in [6, 6.07) is 0. The Balaban J connectivity index is 1.75. The van der Waals surface area contributed by atoms with Gasteiger partial charge in [0, 0.05) is 0 Å². The van der Waals surface area contributed by atoms with E-state index in [1.807, 2.05) is 0 Å². The number of hydrogen-bond donors (Lipinski definition) is 1. The molecule has 1 heteroatoms. The van der Waals surface area contributed by atoms with Gasteiger partial charge in [-0.05, 0) is 91.9 Å². The molecule has 1 unspecified atom stereocenters. The fourth-order valence-electron chi connectivity index (χ4n) is 6.25. The van der Waals surface area contributed by atoms with Crippen LogP contribution in [0.3, 0.4) is 0 Å². The van der Waals surface area contributed by atoms with Gasteiger partial charge >= 0.3 is 0 Å². The van der Waals surface area contributed by atoms with Crippen molar-refractivity contribution in [2.75, 3.05) is 0 Å². The predicted molar refractivity (Wildman–Crippen MR) is 126 cm³/mol. The molecule has 1 nitrogen and oxygen atoms in total. The first-order valence-corrected chi connectivity index (χ1v) is 12.2.